The van der Waals surface area contributed by atoms with E-state index in [2.05, 4.69) is 32.7 Å². The Morgan fingerprint density at radius 1 is 1.60 bits per heavy atom. The van der Waals surface area contributed by atoms with Gasteiger partial charge in [-0.1, -0.05) is 12.2 Å². The number of ether oxygens (including phenoxy) is 1. The van der Waals surface area contributed by atoms with E-state index >= 15 is 0 Å². The molecule has 0 amide bonds. The van der Waals surface area contributed by atoms with Gasteiger partial charge in [0, 0.05) is 6.07 Å². The quantitative estimate of drug-likeness (QED) is 0.445. The molecule has 1 heterocycles. The number of aromatic nitrogens is 2. The molecule has 0 fully saturated rings. The van der Waals surface area contributed by atoms with E-state index in [9.17, 15) is 0 Å². The predicted octanol–water partition coefficient (Wildman–Crippen LogP) is 0.309. The van der Waals surface area contributed by atoms with Crippen LogP contribution in [0.1, 0.15) is 0 Å². The summed E-state index contributed by atoms with van der Waals surface area (Å²) in [5.41, 5.74) is 0. The first-order valence-corrected chi connectivity index (χ1v) is 3.40. The molecule has 0 aromatic carbocycles. The first kappa shape index (κ1) is 7.30. The first-order chi connectivity index (χ1) is 4.79. The molecule has 0 aliphatic heterocycles. The minimum atomic E-state index is 0.285. The summed E-state index contributed by atoms with van der Waals surface area (Å²) in [6.07, 6.45) is 3.01. The van der Waals surface area contributed by atoms with Crippen molar-refractivity contribution >= 4 is 27.1 Å². The molecule has 0 aliphatic carbocycles. The highest BCUT2D eigenvalue weighted by Gasteiger charge is 1.91. The van der Waals surface area contributed by atoms with Crippen LogP contribution in [0.5, 0.6) is 5.75 Å². The van der Waals surface area contributed by atoms with Gasteiger partial charge in [0.2, 0.25) is 0 Å². The van der Waals surface area contributed by atoms with Gasteiger partial charge >= 0.3 is 0 Å². The highest BCUT2D eigenvalue weighted by Crippen LogP contribution is 2.04. The van der Waals surface area contributed by atoms with Crippen molar-refractivity contribution in [1.29, 1.82) is 0 Å². The van der Waals surface area contributed by atoms with Crippen LogP contribution in [0.15, 0.2) is 18.5 Å². The van der Waals surface area contributed by atoms with Gasteiger partial charge in [0.25, 0.3) is 0 Å². The van der Waals surface area contributed by atoms with Gasteiger partial charge in [0.1, 0.15) is 20.7 Å². The molecule has 10 heavy (non-hydrogen) atoms. The van der Waals surface area contributed by atoms with Crippen LogP contribution in [-0.2, 0) is 0 Å². The second-order valence-electron chi connectivity index (χ2n) is 1.47. The molecular formula is C5H3N2OSSi. The van der Waals surface area contributed by atoms with E-state index < -0.39 is 0 Å². The molecule has 1 aromatic rings. The third kappa shape index (κ3) is 2.20. The van der Waals surface area contributed by atoms with Crippen LogP contribution in [0.3, 0.4) is 0 Å². The van der Waals surface area contributed by atoms with E-state index in [1.807, 2.05) is 0 Å². The van der Waals surface area contributed by atoms with Crippen LogP contribution in [0, 0.1) is 0 Å². The molecule has 0 N–H and O–H groups in total. The SMILES string of the molecule is [Si]C(=S)Oc1ccnnc1. The van der Waals surface area contributed by atoms with Crippen molar-refractivity contribution in [1.82, 2.24) is 10.2 Å². The average Bonchev–Trinajstić information content (AvgIpc) is 1.88. The second kappa shape index (κ2) is 3.38. The molecule has 5 heteroatoms. The van der Waals surface area contributed by atoms with E-state index in [0.717, 1.165) is 0 Å². The van der Waals surface area contributed by atoms with E-state index in [0.29, 0.717) is 5.75 Å². The molecule has 1 rings (SSSR count). The van der Waals surface area contributed by atoms with Gasteiger partial charge in [-0.2, -0.15) is 10.2 Å². The summed E-state index contributed by atoms with van der Waals surface area (Å²) in [6.45, 7) is 0. The lowest BCUT2D eigenvalue weighted by Gasteiger charge is -1.98. The summed E-state index contributed by atoms with van der Waals surface area (Å²) in [7, 11) is 3.02. The van der Waals surface area contributed by atoms with Gasteiger partial charge in [-0.3, -0.25) is 0 Å². The third-order valence-corrected chi connectivity index (χ3v) is 0.953. The Morgan fingerprint density at radius 3 is 2.90 bits per heavy atom. The Labute approximate surface area is 66.8 Å². The number of hydrogen-bond acceptors (Lipinski definition) is 4. The average molecular weight is 167 g/mol. The lowest BCUT2D eigenvalue weighted by Crippen LogP contribution is -2.03. The molecule has 0 saturated carbocycles. The molecule has 0 bridgehead atoms. The Hall–Kier alpha value is -0.813. The molecule has 49 valence electrons. The summed E-state index contributed by atoms with van der Waals surface area (Å²) < 4.78 is 5.24. The largest absolute Gasteiger partial charge is 0.455 e. The first-order valence-electron chi connectivity index (χ1n) is 2.49. The van der Waals surface area contributed by atoms with Crippen molar-refractivity contribution in [3.8, 4) is 5.75 Å². The van der Waals surface area contributed by atoms with E-state index in [-0.39, 0.29) is 4.67 Å². The summed E-state index contributed by atoms with van der Waals surface area (Å²) in [5, 5.41) is 7.15. The molecule has 3 radical (unpaired) electrons. The fraction of sp³-hybridized carbons (Fsp3) is 0. The molecular weight excluding hydrogens is 164 g/mol. The molecule has 0 aliphatic rings. The second-order valence-corrected chi connectivity index (χ2v) is 2.65. The lowest BCUT2D eigenvalue weighted by molar-refractivity contribution is 0.571. The molecule has 3 nitrogen and oxygen atoms in total. The van der Waals surface area contributed by atoms with Crippen LogP contribution < -0.4 is 4.74 Å². The Balaban J connectivity index is 2.67. The number of thiocarbonyl (C=S) groups is 1. The molecule has 0 atom stereocenters. The summed E-state index contributed by atoms with van der Waals surface area (Å²) in [5.74, 6) is 0.579. The Bertz CT molecular complexity index is 228. The van der Waals surface area contributed by atoms with Gasteiger partial charge in [-0.15, -0.1) is 0 Å². The zero-order valence-corrected chi connectivity index (χ0v) is 6.76. The Morgan fingerprint density at radius 2 is 2.40 bits per heavy atom. The fourth-order valence-corrected chi connectivity index (χ4v) is 0.660. The van der Waals surface area contributed by atoms with Gasteiger partial charge < -0.3 is 4.74 Å². The standard InChI is InChI=1S/C5H3N2OSSi/c9-5(10)8-4-1-2-6-7-3-4/h1-3H. The predicted molar refractivity (Wildman–Crippen MR) is 41.0 cm³/mol. The van der Waals surface area contributed by atoms with Crippen molar-refractivity contribution in [2.75, 3.05) is 0 Å². The molecule has 0 spiro atoms. The number of hydrogen-bond donors (Lipinski definition) is 0. The van der Waals surface area contributed by atoms with Crippen LogP contribution in [0.4, 0.5) is 0 Å². The zero-order valence-electron chi connectivity index (χ0n) is 4.94. The van der Waals surface area contributed by atoms with Gasteiger partial charge in [0.15, 0.2) is 0 Å². The smallest absolute Gasteiger partial charge is 0.149 e. The van der Waals surface area contributed by atoms with Crippen LogP contribution in [0.2, 0.25) is 0 Å². The maximum absolute atomic E-state index is 4.96. The summed E-state index contributed by atoms with van der Waals surface area (Å²) in [4.78, 5) is 0. The zero-order chi connectivity index (χ0) is 7.40. The Kier molecular flexibility index (Phi) is 2.47. The van der Waals surface area contributed by atoms with Gasteiger partial charge in [-0.05, 0) is 0 Å². The fourth-order valence-electron chi connectivity index (χ4n) is 0.446. The highest BCUT2D eigenvalue weighted by atomic mass is 32.1. The minimum Gasteiger partial charge on any atom is -0.455 e. The molecule has 1 aromatic heterocycles. The number of rotatable bonds is 1. The van der Waals surface area contributed by atoms with Gasteiger partial charge in [0.05, 0.1) is 12.4 Å². The van der Waals surface area contributed by atoms with Crippen molar-refractivity contribution < 1.29 is 4.74 Å². The van der Waals surface area contributed by atoms with Crippen LogP contribution >= 0.6 is 12.2 Å². The summed E-state index contributed by atoms with van der Waals surface area (Å²) >= 11 is 4.62. The van der Waals surface area contributed by atoms with E-state index in [4.69, 9.17) is 4.74 Å². The molecule has 0 unspecified atom stereocenters. The summed E-state index contributed by atoms with van der Waals surface area (Å²) in [6, 6.07) is 1.67. The topological polar surface area (TPSA) is 35.0 Å². The van der Waals surface area contributed by atoms with Crippen molar-refractivity contribution in [2.24, 2.45) is 0 Å². The number of nitrogens with zero attached hydrogens (tertiary/aromatic N) is 2. The monoisotopic (exact) mass is 167 g/mol. The third-order valence-electron chi connectivity index (χ3n) is 0.768. The van der Waals surface area contributed by atoms with Crippen molar-refractivity contribution in [3.63, 3.8) is 0 Å². The maximum Gasteiger partial charge on any atom is 0.149 e. The van der Waals surface area contributed by atoms with Crippen LogP contribution in [0.25, 0.3) is 0 Å². The van der Waals surface area contributed by atoms with E-state index in [1.165, 1.54) is 12.4 Å². The normalized spacial score (nSPS) is 8.90. The highest BCUT2D eigenvalue weighted by molar-refractivity contribution is 7.82. The van der Waals surface area contributed by atoms with Crippen molar-refractivity contribution in [3.05, 3.63) is 18.5 Å². The molecule has 0 saturated heterocycles. The lowest BCUT2D eigenvalue weighted by atomic mass is 10.5. The van der Waals surface area contributed by atoms with Crippen molar-refractivity contribution in [2.45, 2.75) is 0 Å². The van der Waals surface area contributed by atoms with Gasteiger partial charge in [-0.25, -0.2) is 0 Å². The maximum atomic E-state index is 4.96. The van der Waals surface area contributed by atoms with Crippen LogP contribution in [-0.4, -0.2) is 25.1 Å². The minimum absolute atomic E-state index is 0.285. The van der Waals surface area contributed by atoms with E-state index in [1.54, 1.807) is 6.07 Å².